The molecule has 4 heterocycles. The van der Waals surface area contributed by atoms with Gasteiger partial charge in [0, 0.05) is 26.2 Å². The Morgan fingerprint density at radius 1 is 0.889 bits per heavy atom. The zero-order valence-electron chi connectivity index (χ0n) is 25.1. The number of aryl methyl sites for hydroxylation is 1. The van der Waals surface area contributed by atoms with E-state index in [2.05, 4.69) is 9.97 Å². The Hall–Kier alpha value is -4.40. The van der Waals surface area contributed by atoms with E-state index < -0.39 is 0 Å². The van der Waals surface area contributed by atoms with E-state index in [4.69, 9.17) is 28.7 Å². The lowest BCUT2D eigenvalue weighted by Crippen LogP contribution is -2.40. The second-order valence-electron chi connectivity index (χ2n) is 10.4. The normalized spacial score (nSPS) is 18.1. The molecule has 3 aliphatic rings. The third-order valence-corrected chi connectivity index (χ3v) is 8.22. The van der Waals surface area contributed by atoms with E-state index in [1.807, 2.05) is 41.0 Å². The van der Waals surface area contributed by atoms with Gasteiger partial charge in [-0.25, -0.2) is 0 Å². The van der Waals surface area contributed by atoms with Crippen molar-refractivity contribution in [3.8, 4) is 23.3 Å². The van der Waals surface area contributed by atoms with Gasteiger partial charge in [0.1, 0.15) is 12.4 Å². The van der Waals surface area contributed by atoms with Crippen molar-refractivity contribution in [1.82, 2.24) is 19.9 Å². The molecule has 0 bridgehead atoms. The predicted molar refractivity (Wildman–Crippen MR) is 168 cm³/mol. The second kappa shape index (κ2) is 14.1. The third kappa shape index (κ3) is 7.47. The molecular weight excluding hydrogens is 600 g/mol. The molecule has 6 rings (SSSR count). The Morgan fingerprint density at radius 2 is 1.58 bits per heavy atom. The van der Waals surface area contributed by atoms with Gasteiger partial charge in [-0.05, 0) is 60.2 Å². The minimum atomic E-state index is -0.367. The maximum absolute atomic E-state index is 13.1. The summed E-state index contributed by atoms with van der Waals surface area (Å²) in [4.78, 5) is 45.2. The summed E-state index contributed by atoms with van der Waals surface area (Å²) < 4.78 is 28.5. The van der Waals surface area contributed by atoms with Gasteiger partial charge < -0.3 is 33.5 Å². The first-order valence-electron chi connectivity index (χ1n) is 14.7. The number of imide groups is 1. The first kappa shape index (κ1) is 30.6. The Morgan fingerprint density at radius 3 is 2.22 bits per heavy atom. The molecule has 14 heteroatoms. The molecule has 0 unspecified atom stereocenters. The van der Waals surface area contributed by atoms with Crippen LogP contribution in [0.4, 0.5) is 16.7 Å². The van der Waals surface area contributed by atoms with Crippen molar-refractivity contribution >= 4 is 40.9 Å². The number of anilines is 2. The van der Waals surface area contributed by atoms with Gasteiger partial charge in [-0.1, -0.05) is 18.2 Å². The molecule has 0 saturated carbocycles. The van der Waals surface area contributed by atoms with E-state index in [1.54, 1.807) is 24.3 Å². The molecule has 3 aliphatic heterocycles. The van der Waals surface area contributed by atoms with E-state index in [1.165, 1.54) is 12.0 Å². The molecule has 3 aromatic rings. The van der Waals surface area contributed by atoms with Crippen molar-refractivity contribution < 1.29 is 33.3 Å². The summed E-state index contributed by atoms with van der Waals surface area (Å²) in [7, 11) is 1.53. The lowest BCUT2D eigenvalue weighted by atomic mass is 10.2. The number of methoxy groups -OCH3 is 1. The molecule has 0 N–H and O–H groups in total. The number of hydrogen-bond acceptors (Lipinski definition) is 13. The van der Waals surface area contributed by atoms with Gasteiger partial charge in [-0.2, -0.15) is 15.0 Å². The molecular formula is C31H34N6O7S. The van der Waals surface area contributed by atoms with Crippen LogP contribution in [0.15, 0.2) is 47.4 Å². The molecule has 1 aromatic heterocycles. The van der Waals surface area contributed by atoms with Crippen molar-refractivity contribution in [3.05, 3.63) is 58.5 Å². The summed E-state index contributed by atoms with van der Waals surface area (Å²) >= 11 is 0.893. The Balaban J connectivity index is 1.17. The summed E-state index contributed by atoms with van der Waals surface area (Å²) in [6.07, 6.45) is 1.66. The zero-order valence-corrected chi connectivity index (χ0v) is 26.0. The Kier molecular flexibility index (Phi) is 9.62. The van der Waals surface area contributed by atoms with Crippen LogP contribution in [0.2, 0.25) is 0 Å². The molecule has 0 radical (unpaired) electrons. The fourth-order valence-corrected chi connectivity index (χ4v) is 5.82. The quantitative estimate of drug-likeness (QED) is 0.301. The standard InChI is InChI=1S/C31H34N6O7S/c1-21-4-3-5-23(18-21)43-17-12-37-27(38)26(45-31(37)39)20-22-6-7-24(25(19-22)40-2)44-30-33-28(35-8-13-41-14-9-35)32-29(34-30)36-10-15-42-16-11-36/h3-7,18-20H,8-17H2,1-2H3/b26-20-. The van der Waals surface area contributed by atoms with Crippen LogP contribution < -0.4 is 24.0 Å². The van der Waals surface area contributed by atoms with Crippen LogP contribution in [-0.2, 0) is 14.3 Å². The van der Waals surface area contributed by atoms with Crippen LogP contribution in [0.1, 0.15) is 11.1 Å². The van der Waals surface area contributed by atoms with Gasteiger partial charge in [-0.3, -0.25) is 14.5 Å². The minimum Gasteiger partial charge on any atom is -0.493 e. The Labute approximate surface area is 265 Å². The van der Waals surface area contributed by atoms with Gasteiger partial charge in [-0.15, -0.1) is 0 Å². The molecule has 0 spiro atoms. The third-order valence-electron chi connectivity index (χ3n) is 7.31. The smallest absolute Gasteiger partial charge is 0.328 e. The maximum atomic E-state index is 13.1. The molecule has 3 saturated heterocycles. The number of benzene rings is 2. The number of carbonyl (C=O) groups is 2. The van der Waals surface area contributed by atoms with Crippen LogP contribution in [0.3, 0.4) is 0 Å². The zero-order chi connectivity index (χ0) is 31.2. The topological polar surface area (TPSA) is 129 Å². The van der Waals surface area contributed by atoms with Gasteiger partial charge in [0.15, 0.2) is 11.5 Å². The summed E-state index contributed by atoms with van der Waals surface area (Å²) in [5.41, 5.74) is 1.73. The molecule has 0 aliphatic carbocycles. The number of hydrogen-bond donors (Lipinski definition) is 0. The fraction of sp³-hybridized carbons (Fsp3) is 0.387. The van der Waals surface area contributed by atoms with E-state index in [0.717, 1.165) is 17.3 Å². The predicted octanol–water partition coefficient (Wildman–Crippen LogP) is 3.77. The first-order valence-corrected chi connectivity index (χ1v) is 15.5. The average molecular weight is 635 g/mol. The highest BCUT2D eigenvalue weighted by atomic mass is 32.2. The molecule has 2 aromatic carbocycles. The van der Waals surface area contributed by atoms with Crippen molar-refractivity contribution in [2.75, 3.05) is 82.7 Å². The summed E-state index contributed by atoms with van der Waals surface area (Å²) in [6.45, 7) is 7.32. The number of carbonyl (C=O) groups excluding carboxylic acids is 2. The number of morpholine rings is 2. The largest absolute Gasteiger partial charge is 0.493 e. The number of ether oxygens (including phenoxy) is 5. The second-order valence-corrected chi connectivity index (χ2v) is 11.4. The number of nitrogens with zero attached hydrogens (tertiary/aromatic N) is 6. The van der Waals surface area contributed by atoms with E-state index >= 15 is 0 Å². The number of thioether (sulfide) groups is 1. The lowest BCUT2D eigenvalue weighted by Gasteiger charge is -2.30. The van der Waals surface area contributed by atoms with Crippen molar-refractivity contribution in [1.29, 1.82) is 0 Å². The summed E-state index contributed by atoms with van der Waals surface area (Å²) in [5, 5.41) is -0.340. The maximum Gasteiger partial charge on any atom is 0.328 e. The van der Waals surface area contributed by atoms with Crippen molar-refractivity contribution in [2.45, 2.75) is 6.92 Å². The van der Waals surface area contributed by atoms with Gasteiger partial charge >= 0.3 is 6.01 Å². The van der Waals surface area contributed by atoms with E-state index in [9.17, 15) is 9.59 Å². The van der Waals surface area contributed by atoms with Crippen molar-refractivity contribution in [2.24, 2.45) is 0 Å². The average Bonchev–Trinajstić information content (AvgIpc) is 3.33. The highest BCUT2D eigenvalue weighted by molar-refractivity contribution is 8.18. The molecule has 0 atom stereocenters. The summed E-state index contributed by atoms with van der Waals surface area (Å²) in [5.74, 6) is 2.16. The van der Waals surface area contributed by atoms with Crippen LogP contribution in [0.5, 0.6) is 23.3 Å². The molecule has 236 valence electrons. The number of aromatic nitrogens is 3. The molecule has 13 nitrogen and oxygen atoms in total. The van der Waals surface area contributed by atoms with Crippen molar-refractivity contribution in [3.63, 3.8) is 0 Å². The van der Waals surface area contributed by atoms with Gasteiger partial charge in [0.25, 0.3) is 11.1 Å². The fourth-order valence-electron chi connectivity index (χ4n) is 4.95. The molecule has 2 amide bonds. The van der Waals surface area contributed by atoms with Crippen LogP contribution in [0, 0.1) is 6.92 Å². The highest BCUT2D eigenvalue weighted by Gasteiger charge is 2.35. The molecule has 3 fully saturated rings. The number of amides is 2. The lowest BCUT2D eigenvalue weighted by molar-refractivity contribution is -0.123. The number of rotatable bonds is 10. The van der Waals surface area contributed by atoms with E-state index in [0.29, 0.717) is 92.2 Å². The molecule has 45 heavy (non-hydrogen) atoms. The minimum absolute atomic E-state index is 0.132. The van der Waals surface area contributed by atoms with Gasteiger partial charge in [0.2, 0.25) is 11.9 Å². The highest BCUT2D eigenvalue weighted by Crippen LogP contribution is 2.36. The summed E-state index contributed by atoms with van der Waals surface area (Å²) in [6, 6.07) is 13.0. The van der Waals surface area contributed by atoms with E-state index in [-0.39, 0.29) is 30.3 Å². The SMILES string of the molecule is COc1cc(/C=C2\SC(=O)N(CCOc3cccc(C)c3)C2=O)ccc1Oc1nc(N2CCOCC2)nc(N2CCOCC2)n1. The monoisotopic (exact) mass is 634 g/mol. The van der Waals surface area contributed by atoms with Crippen LogP contribution in [-0.4, -0.2) is 104 Å². The first-order chi connectivity index (χ1) is 22.0. The van der Waals surface area contributed by atoms with Crippen LogP contribution >= 0.6 is 11.8 Å². The van der Waals surface area contributed by atoms with Gasteiger partial charge in [0.05, 0.1) is 45.0 Å². The van der Waals surface area contributed by atoms with Crippen LogP contribution in [0.25, 0.3) is 6.08 Å². The Bertz CT molecular complexity index is 1540.